The van der Waals surface area contributed by atoms with Crippen LogP contribution in [-0.2, 0) is 0 Å². The molecule has 13 heavy (non-hydrogen) atoms. The van der Waals surface area contributed by atoms with Gasteiger partial charge in [0.2, 0.25) is 5.13 Å². The summed E-state index contributed by atoms with van der Waals surface area (Å²) in [4.78, 5) is 6.38. The molecule has 68 valence electrons. The van der Waals surface area contributed by atoms with Crippen LogP contribution in [0, 0.1) is 12.3 Å². The van der Waals surface area contributed by atoms with E-state index in [0.717, 1.165) is 11.0 Å². The molecule has 4 heteroatoms. The van der Waals surface area contributed by atoms with E-state index in [1.807, 2.05) is 11.9 Å². The molecule has 1 fully saturated rings. The first-order chi connectivity index (χ1) is 6.31. The predicted octanol–water partition coefficient (Wildman–Crippen LogP) is 1.48. The third-order valence-electron chi connectivity index (χ3n) is 2.03. The van der Waals surface area contributed by atoms with E-state index in [4.69, 9.17) is 6.42 Å². The number of terminal acetylenes is 1. The highest BCUT2D eigenvalue weighted by Crippen LogP contribution is 2.39. The molecular formula is C9H11N3S. The van der Waals surface area contributed by atoms with Gasteiger partial charge in [0.25, 0.3) is 0 Å². The summed E-state index contributed by atoms with van der Waals surface area (Å²) in [5.74, 6) is 4.22. The van der Waals surface area contributed by atoms with Crippen LogP contribution in [0.4, 0.5) is 5.13 Å². The van der Waals surface area contributed by atoms with Crippen molar-refractivity contribution in [2.24, 2.45) is 0 Å². The minimum atomic E-state index is 0.597. The number of aromatic nitrogens is 2. The zero-order valence-electron chi connectivity index (χ0n) is 7.53. The molecule has 0 saturated heterocycles. The van der Waals surface area contributed by atoms with E-state index < -0.39 is 0 Å². The second kappa shape index (κ2) is 3.35. The van der Waals surface area contributed by atoms with Gasteiger partial charge >= 0.3 is 0 Å². The van der Waals surface area contributed by atoms with Gasteiger partial charge in [-0.1, -0.05) is 5.92 Å². The van der Waals surface area contributed by atoms with Gasteiger partial charge in [0.05, 0.1) is 6.54 Å². The van der Waals surface area contributed by atoms with Gasteiger partial charge in [-0.3, -0.25) is 0 Å². The standard InChI is InChI=1S/C9H11N3S/c1-3-6-12(2)9-10-8(11-13-9)7-4-5-7/h1,7H,4-6H2,2H3. The first-order valence-corrected chi connectivity index (χ1v) is 5.07. The maximum Gasteiger partial charge on any atom is 0.205 e. The minimum absolute atomic E-state index is 0.597. The van der Waals surface area contributed by atoms with Gasteiger partial charge in [0.1, 0.15) is 5.82 Å². The lowest BCUT2D eigenvalue weighted by Crippen LogP contribution is -2.16. The normalized spacial score (nSPS) is 15.4. The summed E-state index contributed by atoms with van der Waals surface area (Å²) in [7, 11) is 1.94. The molecule has 0 aliphatic heterocycles. The van der Waals surface area contributed by atoms with Crippen molar-refractivity contribution in [2.75, 3.05) is 18.5 Å². The van der Waals surface area contributed by atoms with Gasteiger partial charge in [-0.25, -0.2) is 4.98 Å². The SMILES string of the molecule is C#CCN(C)c1nc(C2CC2)ns1. The molecule has 0 radical (unpaired) electrons. The predicted molar refractivity (Wildman–Crippen MR) is 54.0 cm³/mol. The molecular weight excluding hydrogens is 182 g/mol. The second-order valence-electron chi connectivity index (χ2n) is 3.27. The zero-order chi connectivity index (χ0) is 9.26. The summed E-state index contributed by atoms with van der Waals surface area (Å²) in [6, 6.07) is 0. The average Bonchev–Trinajstić information content (AvgIpc) is 2.84. The number of hydrogen-bond acceptors (Lipinski definition) is 4. The molecule has 1 aliphatic carbocycles. The number of hydrogen-bond donors (Lipinski definition) is 0. The van der Waals surface area contributed by atoms with Crippen molar-refractivity contribution in [3.05, 3.63) is 5.82 Å². The van der Waals surface area contributed by atoms with Crippen molar-refractivity contribution < 1.29 is 0 Å². The summed E-state index contributed by atoms with van der Waals surface area (Å²) in [5.41, 5.74) is 0. The maximum atomic E-state index is 5.21. The summed E-state index contributed by atoms with van der Waals surface area (Å²) in [6.45, 7) is 0.597. The maximum absolute atomic E-state index is 5.21. The van der Waals surface area contributed by atoms with E-state index in [0.29, 0.717) is 12.5 Å². The van der Waals surface area contributed by atoms with E-state index in [1.54, 1.807) is 0 Å². The summed E-state index contributed by atoms with van der Waals surface area (Å²) < 4.78 is 4.30. The number of nitrogens with zero attached hydrogens (tertiary/aromatic N) is 3. The van der Waals surface area contributed by atoms with Crippen LogP contribution in [0.2, 0.25) is 0 Å². The van der Waals surface area contributed by atoms with Crippen molar-refractivity contribution in [1.82, 2.24) is 9.36 Å². The first kappa shape index (κ1) is 8.52. The fourth-order valence-corrected chi connectivity index (χ4v) is 1.80. The van der Waals surface area contributed by atoms with Crippen LogP contribution in [-0.4, -0.2) is 22.9 Å². The van der Waals surface area contributed by atoms with Crippen LogP contribution < -0.4 is 4.90 Å². The Morgan fingerprint density at radius 2 is 2.46 bits per heavy atom. The summed E-state index contributed by atoms with van der Waals surface area (Å²) >= 11 is 1.44. The number of anilines is 1. The molecule has 0 bridgehead atoms. The Labute approximate surface area is 82.0 Å². The van der Waals surface area contributed by atoms with E-state index in [-0.39, 0.29) is 0 Å². The van der Waals surface area contributed by atoms with E-state index in [9.17, 15) is 0 Å². The Balaban J connectivity index is 2.08. The fourth-order valence-electron chi connectivity index (χ4n) is 1.09. The molecule has 1 aromatic heterocycles. The third kappa shape index (κ3) is 1.81. The lowest BCUT2D eigenvalue weighted by molar-refractivity contribution is 0.955. The van der Waals surface area contributed by atoms with Crippen LogP contribution in [0.25, 0.3) is 0 Å². The molecule has 0 aromatic carbocycles. The molecule has 0 N–H and O–H groups in total. The molecule has 0 spiro atoms. The third-order valence-corrected chi connectivity index (χ3v) is 2.87. The second-order valence-corrected chi connectivity index (χ2v) is 4.00. The Morgan fingerprint density at radius 1 is 1.69 bits per heavy atom. The Kier molecular flexibility index (Phi) is 2.19. The fraction of sp³-hybridized carbons (Fsp3) is 0.556. The average molecular weight is 193 g/mol. The van der Waals surface area contributed by atoms with Gasteiger partial charge in [0.15, 0.2) is 0 Å². The molecule has 3 nitrogen and oxygen atoms in total. The van der Waals surface area contributed by atoms with Crippen LogP contribution >= 0.6 is 11.5 Å². The highest BCUT2D eigenvalue weighted by Gasteiger charge is 2.28. The molecule has 1 heterocycles. The van der Waals surface area contributed by atoms with Gasteiger partial charge in [-0.05, 0) is 12.8 Å². The Bertz CT molecular complexity index is 335. The largest absolute Gasteiger partial charge is 0.339 e. The Hall–Kier alpha value is -1.08. The van der Waals surface area contributed by atoms with Crippen LogP contribution in [0.1, 0.15) is 24.6 Å². The van der Waals surface area contributed by atoms with Crippen molar-refractivity contribution in [3.63, 3.8) is 0 Å². The Morgan fingerprint density at radius 3 is 3.08 bits per heavy atom. The van der Waals surface area contributed by atoms with Crippen molar-refractivity contribution in [1.29, 1.82) is 0 Å². The van der Waals surface area contributed by atoms with Gasteiger partial charge < -0.3 is 4.90 Å². The van der Waals surface area contributed by atoms with Crippen LogP contribution in [0.3, 0.4) is 0 Å². The van der Waals surface area contributed by atoms with Gasteiger partial charge in [-0.15, -0.1) is 6.42 Å². The molecule has 0 atom stereocenters. The van der Waals surface area contributed by atoms with E-state index in [1.165, 1.54) is 24.4 Å². The van der Waals surface area contributed by atoms with Crippen molar-refractivity contribution in [3.8, 4) is 12.3 Å². The summed E-state index contributed by atoms with van der Waals surface area (Å²) in [5, 5.41) is 0.930. The minimum Gasteiger partial charge on any atom is -0.339 e. The topological polar surface area (TPSA) is 29.0 Å². The highest BCUT2D eigenvalue weighted by atomic mass is 32.1. The lowest BCUT2D eigenvalue weighted by Gasteiger charge is -2.09. The number of rotatable bonds is 3. The van der Waals surface area contributed by atoms with Crippen molar-refractivity contribution in [2.45, 2.75) is 18.8 Å². The lowest BCUT2D eigenvalue weighted by atomic mass is 10.4. The van der Waals surface area contributed by atoms with Gasteiger partial charge in [-0.2, -0.15) is 4.37 Å². The van der Waals surface area contributed by atoms with Crippen LogP contribution in [0.15, 0.2) is 0 Å². The monoisotopic (exact) mass is 193 g/mol. The molecule has 0 amide bonds. The quantitative estimate of drug-likeness (QED) is 0.681. The first-order valence-electron chi connectivity index (χ1n) is 4.29. The molecule has 1 aromatic rings. The summed E-state index contributed by atoms with van der Waals surface area (Å²) in [6.07, 6.45) is 7.70. The molecule has 2 rings (SSSR count). The van der Waals surface area contributed by atoms with Gasteiger partial charge in [0, 0.05) is 24.5 Å². The van der Waals surface area contributed by atoms with E-state index >= 15 is 0 Å². The van der Waals surface area contributed by atoms with Crippen molar-refractivity contribution >= 4 is 16.7 Å². The molecule has 1 aliphatic rings. The smallest absolute Gasteiger partial charge is 0.205 e. The molecule has 1 saturated carbocycles. The van der Waals surface area contributed by atoms with E-state index in [2.05, 4.69) is 15.3 Å². The highest BCUT2D eigenvalue weighted by molar-refractivity contribution is 7.09. The van der Waals surface area contributed by atoms with Crippen LogP contribution in [0.5, 0.6) is 0 Å². The zero-order valence-corrected chi connectivity index (χ0v) is 8.34. The molecule has 0 unspecified atom stereocenters.